The number of likely N-dealkylation sites (N-methyl/N-ethyl adjacent to an activating group) is 1. The Balaban J connectivity index is 1.68. The third-order valence-corrected chi connectivity index (χ3v) is 5.79. The molecule has 1 aromatic heterocycles. The summed E-state index contributed by atoms with van der Waals surface area (Å²) >= 11 is 0. The molecule has 0 bridgehead atoms. The van der Waals surface area contributed by atoms with Crippen LogP contribution in [-0.4, -0.2) is 77.1 Å². The van der Waals surface area contributed by atoms with Gasteiger partial charge in [0.25, 0.3) is 0 Å². The number of amides is 1. The summed E-state index contributed by atoms with van der Waals surface area (Å²) in [6.45, 7) is 7.23. The van der Waals surface area contributed by atoms with Crippen LogP contribution in [0, 0.1) is 5.41 Å². The van der Waals surface area contributed by atoms with Crippen LogP contribution in [0.4, 0.5) is 0 Å². The SMILES string of the molecule is CCCN1CC2(CCN(C)CC2)C[C@@H]1C(=O)N(C)Cc1ccn[nH]1. The molecule has 134 valence electrons. The number of rotatable bonds is 5. The Morgan fingerprint density at radius 3 is 2.83 bits per heavy atom. The number of hydrogen-bond donors (Lipinski definition) is 1. The molecule has 2 saturated heterocycles. The molecule has 1 atom stereocenters. The molecule has 1 aromatic rings. The van der Waals surface area contributed by atoms with Crippen molar-refractivity contribution in [3.8, 4) is 0 Å². The van der Waals surface area contributed by atoms with E-state index in [1.807, 2.05) is 18.0 Å². The zero-order valence-corrected chi connectivity index (χ0v) is 15.3. The average Bonchev–Trinajstić information content (AvgIpc) is 3.19. The van der Waals surface area contributed by atoms with Crippen LogP contribution >= 0.6 is 0 Å². The molecule has 2 fully saturated rings. The number of piperidine rings is 1. The highest BCUT2D eigenvalue weighted by molar-refractivity contribution is 5.82. The third-order valence-electron chi connectivity index (χ3n) is 5.79. The largest absolute Gasteiger partial charge is 0.339 e. The van der Waals surface area contributed by atoms with Gasteiger partial charge in [-0.3, -0.25) is 14.8 Å². The molecule has 6 heteroatoms. The van der Waals surface area contributed by atoms with Gasteiger partial charge >= 0.3 is 0 Å². The van der Waals surface area contributed by atoms with E-state index < -0.39 is 0 Å². The lowest BCUT2D eigenvalue weighted by molar-refractivity contribution is -0.135. The molecule has 3 rings (SSSR count). The zero-order chi connectivity index (χ0) is 17.2. The first-order chi connectivity index (χ1) is 11.5. The van der Waals surface area contributed by atoms with E-state index in [1.165, 1.54) is 12.8 Å². The zero-order valence-electron chi connectivity index (χ0n) is 15.3. The maximum atomic E-state index is 13.1. The number of nitrogens with zero attached hydrogens (tertiary/aromatic N) is 4. The number of hydrogen-bond acceptors (Lipinski definition) is 4. The van der Waals surface area contributed by atoms with Crippen LogP contribution in [-0.2, 0) is 11.3 Å². The fourth-order valence-electron chi connectivity index (χ4n) is 4.33. The topological polar surface area (TPSA) is 55.5 Å². The smallest absolute Gasteiger partial charge is 0.240 e. The van der Waals surface area contributed by atoms with Gasteiger partial charge in [-0.05, 0) is 63.8 Å². The van der Waals surface area contributed by atoms with E-state index in [0.29, 0.717) is 12.0 Å². The molecule has 0 saturated carbocycles. The number of likely N-dealkylation sites (tertiary alicyclic amines) is 2. The monoisotopic (exact) mass is 333 g/mol. The predicted molar refractivity (Wildman–Crippen MR) is 94.5 cm³/mol. The Morgan fingerprint density at radius 1 is 1.46 bits per heavy atom. The van der Waals surface area contributed by atoms with Gasteiger partial charge in [-0.15, -0.1) is 0 Å². The second kappa shape index (κ2) is 7.23. The van der Waals surface area contributed by atoms with Crippen molar-refractivity contribution in [3.05, 3.63) is 18.0 Å². The highest BCUT2D eigenvalue weighted by Crippen LogP contribution is 2.43. The van der Waals surface area contributed by atoms with Gasteiger partial charge in [0.05, 0.1) is 18.3 Å². The minimum absolute atomic E-state index is 0.0428. The molecule has 2 aliphatic rings. The summed E-state index contributed by atoms with van der Waals surface area (Å²) < 4.78 is 0. The van der Waals surface area contributed by atoms with Crippen LogP contribution in [0.25, 0.3) is 0 Å². The summed E-state index contributed by atoms with van der Waals surface area (Å²) in [5.41, 5.74) is 1.33. The summed E-state index contributed by atoms with van der Waals surface area (Å²) in [7, 11) is 4.11. The number of carbonyl (C=O) groups excluding carboxylic acids is 1. The van der Waals surface area contributed by atoms with Gasteiger partial charge in [0.1, 0.15) is 0 Å². The van der Waals surface area contributed by atoms with Crippen LogP contribution in [0.15, 0.2) is 12.3 Å². The van der Waals surface area contributed by atoms with Crippen molar-refractivity contribution >= 4 is 5.91 Å². The average molecular weight is 333 g/mol. The maximum Gasteiger partial charge on any atom is 0.240 e. The number of H-pyrrole nitrogens is 1. The number of carbonyl (C=O) groups is 1. The molecule has 24 heavy (non-hydrogen) atoms. The molecular weight excluding hydrogens is 302 g/mol. The third kappa shape index (κ3) is 3.64. The van der Waals surface area contributed by atoms with Gasteiger partial charge < -0.3 is 9.80 Å². The minimum atomic E-state index is 0.0428. The van der Waals surface area contributed by atoms with E-state index in [2.05, 4.69) is 34.0 Å². The van der Waals surface area contributed by atoms with E-state index in [9.17, 15) is 4.79 Å². The number of aromatic nitrogens is 2. The molecule has 1 amide bonds. The first-order valence-corrected chi connectivity index (χ1v) is 9.19. The quantitative estimate of drug-likeness (QED) is 0.889. The molecule has 3 heterocycles. The van der Waals surface area contributed by atoms with Crippen LogP contribution in [0.2, 0.25) is 0 Å². The van der Waals surface area contributed by atoms with Crippen LogP contribution in [0.5, 0.6) is 0 Å². The lowest BCUT2D eigenvalue weighted by atomic mass is 9.76. The van der Waals surface area contributed by atoms with Crippen molar-refractivity contribution in [2.24, 2.45) is 5.41 Å². The summed E-state index contributed by atoms with van der Waals surface area (Å²) in [4.78, 5) is 19.8. The summed E-state index contributed by atoms with van der Waals surface area (Å²) in [5, 5.41) is 6.92. The molecule has 0 aliphatic carbocycles. The van der Waals surface area contributed by atoms with Gasteiger partial charge in [0.15, 0.2) is 0 Å². The van der Waals surface area contributed by atoms with Crippen LogP contribution < -0.4 is 0 Å². The van der Waals surface area contributed by atoms with Gasteiger partial charge in [0.2, 0.25) is 5.91 Å². The van der Waals surface area contributed by atoms with Crippen molar-refractivity contribution < 1.29 is 4.79 Å². The first-order valence-electron chi connectivity index (χ1n) is 9.19. The summed E-state index contributed by atoms with van der Waals surface area (Å²) in [6.07, 6.45) is 6.30. The Hall–Kier alpha value is -1.40. The predicted octanol–water partition coefficient (Wildman–Crippen LogP) is 1.56. The second-order valence-electron chi connectivity index (χ2n) is 7.77. The Bertz CT molecular complexity index is 536. The van der Waals surface area contributed by atoms with E-state index in [0.717, 1.165) is 44.7 Å². The fraction of sp³-hybridized carbons (Fsp3) is 0.778. The minimum Gasteiger partial charge on any atom is -0.339 e. The van der Waals surface area contributed by atoms with Crippen LogP contribution in [0.1, 0.15) is 38.3 Å². The Kier molecular flexibility index (Phi) is 5.25. The van der Waals surface area contributed by atoms with E-state index in [-0.39, 0.29) is 11.9 Å². The molecule has 1 spiro atoms. The maximum absolute atomic E-state index is 13.1. The second-order valence-corrected chi connectivity index (χ2v) is 7.77. The van der Waals surface area contributed by atoms with Gasteiger partial charge in [-0.1, -0.05) is 6.92 Å². The molecule has 0 radical (unpaired) electrons. The first kappa shape index (κ1) is 17.4. The van der Waals surface area contributed by atoms with E-state index in [4.69, 9.17) is 0 Å². The molecule has 6 nitrogen and oxygen atoms in total. The lowest BCUT2D eigenvalue weighted by Gasteiger charge is -2.37. The van der Waals surface area contributed by atoms with Gasteiger partial charge in [0, 0.05) is 19.8 Å². The van der Waals surface area contributed by atoms with Crippen molar-refractivity contribution in [3.63, 3.8) is 0 Å². The summed E-state index contributed by atoms with van der Waals surface area (Å²) in [6, 6.07) is 1.97. The van der Waals surface area contributed by atoms with Crippen molar-refractivity contribution in [1.82, 2.24) is 24.9 Å². The Labute approximate surface area is 145 Å². The van der Waals surface area contributed by atoms with Crippen molar-refractivity contribution in [2.45, 2.75) is 45.2 Å². The lowest BCUT2D eigenvalue weighted by Crippen LogP contribution is -2.44. The normalized spacial score (nSPS) is 24.5. The number of aromatic amines is 1. The highest BCUT2D eigenvalue weighted by atomic mass is 16.2. The van der Waals surface area contributed by atoms with Crippen molar-refractivity contribution in [2.75, 3.05) is 40.3 Å². The summed E-state index contributed by atoms with van der Waals surface area (Å²) in [5.74, 6) is 0.258. The van der Waals surface area contributed by atoms with Gasteiger partial charge in [-0.2, -0.15) is 5.10 Å². The number of nitrogens with one attached hydrogen (secondary N) is 1. The van der Waals surface area contributed by atoms with Crippen LogP contribution in [0.3, 0.4) is 0 Å². The molecule has 2 aliphatic heterocycles. The van der Waals surface area contributed by atoms with Gasteiger partial charge in [-0.25, -0.2) is 0 Å². The fourth-order valence-corrected chi connectivity index (χ4v) is 4.33. The van der Waals surface area contributed by atoms with Crippen molar-refractivity contribution in [1.29, 1.82) is 0 Å². The molecular formula is C18H31N5O. The molecule has 1 N–H and O–H groups in total. The highest BCUT2D eigenvalue weighted by Gasteiger charge is 2.47. The molecule has 0 unspecified atom stereocenters. The van der Waals surface area contributed by atoms with E-state index in [1.54, 1.807) is 6.20 Å². The Morgan fingerprint density at radius 2 is 2.21 bits per heavy atom. The van der Waals surface area contributed by atoms with E-state index >= 15 is 0 Å². The standard InChI is InChI=1S/C18H31N5O/c1-4-9-23-14-18(6-10-21(2)11-7-18)12-16(23)17(24)22(3)13-15-5-8-19-20-15/h5,8,16H,4,6-7,9-14H2,1-3H3,(H,19,20)/t16-/m1/s1. The molecule has 0 aromatic carbocycles.